The van der Waals surface area contributed by atoms with Gasteiger partial charge in [-0.2, -0.15) is 0 Å². The molecule has 2 N–H and O–H groups in total. The van der Waals surface area contributed by atoms with Crippen LogP contribution in [0.1, 0.15) is 26.7 Å². The van der Waals surface area contributed by atoms with Gasteiger partial charge in [-0.1, -0.05) is 25.4 Å². The van der Waals surface area contributed by atoms with E-state index in [9.17, 15) is 4.79 Å². The Morgan fingerprint density at radius 3 is 2.84 bits per heavy atom. The molecule has 0 spiro atoms. The summed E-state index contributed by atoms with van der Waals surface area (Å²) >= 11 is 5.67. The first-order valence-electron chi connectivity index (χ1n) is 6.51. The minimum atomic E-state index is -0.436. The highest BCUT2D eigenvalue weighted by Crippen LogP contribution is 2.32. The smallest absolute Gasteiger partial charge is 0.231 e. The SMILES string of the molecule is CC(C)(C(=O)Nc1ccc(Cl)nn1)C1CCCNC1. The number of hydrogen-bond acceptors (Lipinski definition) is 4. The van der Waals surface area contributed by atoms with Crippen LogP contribution in [0.3, 0.4) is 0 Å². The van der Waals surface area contributed by atoms with Gasteiger partial charge in [0.05, 0.1) is 0 Å². The molecule has 1 fully saturated rings. The average Bonchev–Trinajstić information content (AvgIpc) is 2.42. The molecule has 1 saturated heterocycles. The fraction of sp³-hybridized carbons (Fsp3) is 0.615. The number of hydrogen-bond donors (Lipinski definition) is 2. The third-order valence-electron chi connectivity index (χ3n) is 3.78. The van der Waals surface area contributed by atoms with Gasteiger partial charge in [-0.15, -0.1) is 10.2 Å². The van der Waals surface area contributed by atoms with Gasteiger partial charge in [0, 0.05) is 5.41 Å². The molecular weight excluding hydrogens is 264 g/mol. The molecule has 0 aromatic carbocycles. The minimum absolute atomic E-state index is 0.0298. The molecule has 2 heterocycles. The number of carbonyl (C=O) groups is 1. The van der Waals surface area contributed by atoms with Crippen molar-refractivity contribution in [2.24, 2.45) is 11.3 Å². The molecule has 19 heavy (non-hydrogen) atoms. The van der Waals surface area contributed by atoms with Crippen molar-refractivity contribution in [3.05, 3.63) is 17.3 Å². The standard InChI is InChI=1S/C13H19ClN4O/c1-13(2,9-4-3-7-15-8-9)12(19)16-11-6-5-10(14)17-18-11/h5-6,9,15H,3-4,7-8H2,1-2H3,(H,16,18,19). The van der Waals surface area contributed by atoms with Crippen LogP contribution in [0.5, 0.6) is 0 Å². The highest BCUT2D eigenvalue weighted by Gasteiger charge is 2.37. The highest BCUT2D eigenvalue weighted by atomic mass is 35.5. The number of anilines is 1. The average molecular weight is 283 g/mol. The van der Waals surface area contributed by atoms with E-state index >= 15 is 0 Å². The fourth-order valence-electron chi connectivity index (χ4n) is 2.31. The molecule has 2 rings (SSSR count). The van der Waals surface area contributed by atoms with Gasteiger partial charge in [0.1, 0.15) is 0 Å². The first-order valence-corrected chi connectivity index (χ1v) is 6.89. The lowest BCUT2D eigenvalue weighted by Gasteiger charge is -2.35. The van der Waals surface area contributed by atoms with E-state index in [0.717, 1.165) is 25.9 Å². The molecule has 104 valence electrons. The number of carbonyl (C=O) groups excluding carboxylic acids is 1. The fourth-order valence-corrected chi connectivity index (χ4v) is 2.41. The molecule has 0 radical (unpaired) electrons. The molecule has 1 aliphatic heterocycles. The molecule has 1 aromatic heterocycles. The molecule has 1 aliphatic rings. The van der Waals surface area contributed by atoms with Gasteiger partial charge in [-0.05, 0) is 44.0 Å². The zero-order valence-corrected chi connectivity index (χ0v) is 12.0. The van der Waals surface area contributed by atoms with E-state index in [1.807, 2.05) is 13.8 Å². The van der Waals surface area contributed by atoms with Crippen molar-refractivity contribution in [2.75, 3.05) is 18.4 Å². The lowest BCUT2D eigenvalue weighted by Crippen LogP contribution is -2.44. The molecule has 0 bridgehead atoms. The summed E-state index contributed by atoms with van der Waals surface area (Å²) < 4.78 is 0. The van der Waals surface area contributed by atoms with E-state index in [4.69, 9.17) is 11.6 Å². The highest BCUT2D eigenvalue weighted by molar-refractivity contribution is 6.29. The van der Waals surface area contributed by atoms with Crippen molar-refractivity contribution < 1.29 is 4.79 Å². The van der Waals surface area contributed by atoms with Crippen LogP contribution < -0.4 is 10.6 Å². The number of halogens is 1. The largest absolute Gasteiger partial charge is 0.316 e. The Balaban J connectivity index is 2.03. The van der Waals surface area contributed by atoms with Gasteiger partial charge in [0.15, 0.2) is 11.0 Å². The van der Waals surface area contributed by atoms with Crippen molar-refractivity contribution in [1.29, 1.82) is 0 Å². The second kappa shape index (κ2) is 5.84. The van der Waals surface area contributed by atoms with Gasteiger partial charge in [0.25, 0.3) is 0 Å². The van der Waals surface area contributed by atoms with Gasteiger partial charge >= 0.3 is 0 Å². The second-order valence-corrected chi connectivity index (χ2v) is 5.85. The normalized spacial score (nSPS) is 20.1. The maximum atomic E-state index is 12.4. The number of rotatable bonds is 3. The Labute approximate surface area is 118 Å². The monoisotopic (exact) mass is 282 g/mol. The molecule has 1 atom stereocenters. The van der Waals surface area contributed by atoms with E-state index in [-0.39, 0.29) is 5.91 Å². The Hall–Kier alpha value is -1.20. The van der Waals surface area contributed by atoms with Crippen LogP contribution >= 0.6 is 11.6 Å². The Morgan fingerprint density at radius 2 is 2.26 bits per heavy atom. The molecule has 0 saturated carbocycles. The second-order valence-electron chi connectivity index (χ2n) is 5.46. The Bertz CT molecular complexity index is 440. The Morgan fingerprint density at radius 1 is 1.47 bits per heavy atom. The van der Waals surface area contributed by atoms with E-state index in [1.165, 1.54) is 0 Å². The van der Waals surface area contributed by atoms with Gasteiger partial charge < -0.3 is 10.6 Å². The predicted octanol–water partition coefficient (Wildman–Crippen LogP) is 2.09. The zero-order chi connectivity index (χ0) is 13.9. The molecule has 6 heteroatoms. The predicted molar refractivity (Wildman–Crippen MR) is 75.0 cm³/mol. The van der Waals surface area contributed by atoms with E-state index in [2.05, 4.69) is 20.8 Å². The van der Waals surface area contributed by atoms with Crippen molar-refractivity contribution in [1.82, 2.24) is 15.5 Å². The minimum Gasteiger partial charge on any atom is -0.316 e. The van der Waals surface area contributed by atoms with E-state index < -0.39 is 5.41 Å². The molecule has 1 aromatic rings. The third kappa shape index (κ3) is 3.42. The van der Waals surface area contributed by atoms with Crippen LogP contribution in [-0.2, 0) is 4.79 Å². The summed E-state index contributed by atoms with van der Waals surface area (Å²) in [5.74, 6) is 0.741. The van der Waals surface area contributed by atoms with E-state index in [1.54, 1.807) is 12.1 Å². The van der Waals surface area contributed by atoms with Crippen molar-refractivity contribution in [2.45, 2.75) is 26.7 Å². The topological polar surface area (TPSA) is 66.9 Å². The summed E-state index contributed by atoms with van der Waals surface area (Å²) in [6, 6.07) is 3.27. The number of nitrogens with zero attached hydrogens (tertiary/aromatic N) is 2. The lowest BCUT2D eigenvalue weighted by molar-refractivity contribution is -0.127. The van der Waals surface area contributed by atoms with Crippen molar-refractivity contribution in [3.8, 4) is 0 Å². The van der Waals surface area contributed by atoms with Crippen LogP contribution in [0.2, 0.25) is 5.15 Å². The van der Waals surface area contributed by atoms with Crippen LogP contribution in [0.15, 0.2) is 12.1 Å². The molecule has 1 unspecified atom stereocenters. The van der Waals surface area contributed by atoms with Crippen LogP contribution in [0.25, 0.3) is 0 Å². The number of aromatic nitrogens is 2. The summed E-state index contributed by atoms with van der Waals surface area (Å²) in [7, 11) is 0. The van der Waals surface area contributed by atoms with Gasteiger partial charge in [0.2, 0.25) is 5.91 Å². The van der Waals surface area contributed by atoms with Gasteiger partial charge in [-0.3, -0.25) is 4.79 Å². The van der Waals surface area contributed by atoms with Crippen LogP contribution in [0.4, 0.5) is 5.82 Å². The maximum absolute atomic E-state index is 12.4. The summed E-state index contributed by atoms with van der Waals surface area (Å²) in [6.07, 6.45) is 2.18. The van der Waals surface area contributed by atoms with Gasteiger partial charge in [-0.25, -0.2) is 0 Å². The molecule has 1 amide bonds. The summed E-state index contributed by atoms with van der Waals surface area (Å²) in [4.78, 5) is 12.4. The zero-order valence-electron chi connectivity index (χ0n) is 11.2. The number of piperidine rings is 1. The van der Waals surface area contributed by atoms with Crippen LogP contribution in [-0.4, -0.2) is 29.2 Å². The van der Waals surface area contributed by atoms with E-state index in [0.29, 0.717) is 16.9 Å². The summed E-state index contributed by atoms with van der Waals surface area (Å²) in [5, 5.41) is 14.0. The van der Waals surface area contributed by atoms with Crippen molar-refractivity contribution in [3.63, 3.8) is 0 Å². The first kappa shape index (κ1) is 14.2. The Kier molecular flexibility index (Phi) is 4.37. The van der Waals surface area contributed by atoms with Crippen molar-refractivity contribution >= 4 is 23.3 Å². The molecule has 0 aliphatic carbocycles. The third-order valence-corrected chi connectivity index (χ3v) is 3.98. The number of nitrogens with one attached hydrogen (secondary N) is 2. The number of amides is 1. The first-order chi connectivity index (χ1) is 9.00. The summed E-state index contributed by atoms with van der Waals surface area (Å²) in [5.41, 5.74) is -0.436. The lowest BCUT2D eigenvalue weighted by atomic mass is 9.74. The van der Waals surface area contributed by atoms with Crippen LogP contribution in [0, 0.1) is 11.3 Å². The summed E-state index contributed by atoms with van der Waals surface area (Å²) in [6.45, 7) is 5.87. The quantitative estimate of drug-likeness (QED) is 0.891. The molecule has 5 nitrogen and oxygen atoms in total. The molecular formula is C13H19ClN4O. The maximum Gasteiger partial charge on any atom is 0.231 e.